The smallest absolute Gasteiger partial charge is 0.379 e. The molecule has 102 valence electrons. The first kappa shape index (κ1) is 14.9. The van der Waals surface area contributed by atoms with Crippen molar-refractivity contribution in [3.63, 3.8) is 0 Å². The lowest BCUT2D eigenvalue weighted by Gasteiger charge is -2.38. The molecule has 1 fully saturated rings. The van der Waals surface area contributed by atoms with Crippen molar-refractivity contribution in [3.8, 4) is 0 Å². The number of methoxy groups -OCH3 is 1. The molecule has 1 aliphatic heterocycles. The van der Waals surface area contributed by atoms with Crippen LogP contribution in [-0.2, 0) is 9.53 Å². The third kappa shape index (κ3) is 3.96. The lowest BCUT2D eigenvalue weighted by atomic mass is 10.0. The van der Waals surface area contributed by atoms with Gasteiger partial charge >= 0.3 is 6.18 Å². The second-order valence-electron chi connectivity index (χ2n) is 4.19. The van der Waals surface area contributed by atoms with Crippen LogP contribution in [0.2, 0.25) is 0 Å². The van der Waals surface area contributed by atoms with Crippen LogP contribution in [0.4, 0.5) is 13.2 Å². The Morgan fingerprint density at radius 2 is 2.11 bits per heavy atom. The standard InChI is InChI=1S/C12H16F3NO2/c1-9(11(4-6-17)12(13,14)15)3-5-16-7-10(8-16)18-2/h4,6,10H,1,3,5,7-8H2,2H3/b11-4+. The lowest BCUT2D eigenvalue weighted by molar-refractivity contribution is -0.106. The van der Waals surface area contributed by atoms with Crippen molar-refractivity contribution in [2.75, 3.05) is 26.7 Å². The number of allylic oxidation sites excluding steroid dienone is 2. The average molecular weight is 263 g/mol. The minimum Gasteiger partial charge on any atom is -0.379 e. The molecule has 6 heteroatoms. The first-order valence-corrected chi connectivity index (χ1v) is 5.54. The van der Waals surface area contributed by atoms with E-state index in [9.17, 15) is 18.0 Å². The number of halogens is 3. The summed E-state index contributed by atoms with van der Waals surface area (Å²) in [6, 6.07) is 0. The van der Waals surface area contributed by atoms with E-state index < -0.39 is 11.7 Å². The molecule has 0 aromatic carbocycles. The van der Waals surface area contributed by atoms with E-state index in [1.54, 1.807) is 7.11 Å². The number of likely N-dealkylation sites (tertiary alicyclic amines) is 1. The van der Waals surface area contributed by atoms with Gasteiger partial charge in [-0.25, -0.2) is 0 Å². The highest BCUT2D eigenvalue weighted by molar-refractivity contribution is 5.68. The van der Waals surface area contributed by atoms with Gasteiger partial charge in [-0.05, 0) is 18.1 Å². The van der Waals surface area contributed by atoms with Crippen molar-refractivity contribution in [1.82, 2.24) is 4.90 Å². The number of aldehydes is 1. The van der Waals surface area contributed by atoms with Crippen LogP contribution in [0.1, 0.15) is 6.42 Å². The van der Waals surface area contributed by atoms with Crippen molar-refractivity contribution in [2.45, 2.75) is 18.7 Å². The molecule has 0 unspecified atom stereocenters. The first-order chi connectivity index (χ1) is 8.38. The van der Waals surface area contributed by atoms with Gasteiger partial charge in [0, 0.05) is 26.7 Å². The van der Waals surface area contributed by atoms with Crippen LogP contribution < -0.4 is 0 Å². The molecule has 0 amide bonds. The van der Waals surface area contributed by atoms with Gasteiger partial charge < -0.3 is 4.74 Å². The van der Waals surface area contributed by atoms with Crippen LogP contribution in [-0.4, -0.2) is 50.2 Å². The number of alkyl halides is 3. The van der Waals surface area contributed by atoms with Gasteiger partial charge in [0.25, 0.3) is 0 Å². The Morgan fingerprint density at radius 3 is 2.56 bits per heavy atom. The predicted molar refractivity (Wildman–Crippen MR) is 61.2 cm³/mol. The molecule has 18 heavy (non-hydrogen) atoms. The molecule has 0 aromatic heterocycles. The van der Waals surface area contributed by atoms with E-state index in [4.69, 9.17) is 4.74 Å². The maximum Gasteiger partial charge on any atom is 0.416 e. The van der Waals surface area contributed by atoms with Crippen LogP contribution in [0.15, 0.2) is 23.8 Å². The largest absolute Gasteiger partial charge is 0.416 e. The maximum absolute atomic E-state index is 12.6. The van der Waals surface area contributed by atoms with Gasteiger partial charge in [-0.1, -0.05) is 6.58 Å². The molecule has 1 saturated heterocycles. The van der Waals surface area contributed by atoms with Crippen LogP contribution in [0.5, 0.6) is 0 Å². The zero-order chi connectivity index (χ0) is 13.8. The summed E-state index contributed by atoms with van der Waals surface area (Å²) in [6.07, 6.45) is -3.50. The number of carbonyl (C=O) groups excluding carboxylic acids is 1. The number of hydrogen-bond donors (Lipinski definition) is 0. The Hall–Kier alpha value is -1.14. The maximum atomic E-state index is 12.6. The summed E-state index contributed by atoms with van der Waals surface area (Å²) in [6.45, 7) is 5.35. The molecule has 0 spiro atoms. The summed E-state index contributed by atoms with van der Waals surface area (Å²) >= 11 is 0. The van der Waals surface area contributed by atoms with Crippen molar-refractivity contribution >= 4 is 6.29 Å². The van der Waals surface area contributed by atoms with Gasteiger partial charge in [-0.3, -0.25) is 9.69 Å². The van der Waals surface area contributed by atoms with E-state index in [0.717, 1.165) is 13.1 Å². The fourth-order valence-corrected chi connectivity index (χ4v) is 1.76. The second-order valence-corrected chi connectivity index (χ2v) is 4.19. The highest BCUT2D eigenvalue weighted by Gasteiger charge is 2.35. The third-order valence-corrected chi connectivity index (χ3v) is 2.91. The summed E-state index contributed by atoms with van der Waals surface area (Å²) in [5.41, 5.74) is -1.00. The molecule has 0 saturated carbocycles. The highest BCUT2D eigenvalue weighted by atomic mass is 19.4. The fourth-order valence-electron chi connectivity index (χ4n) is 1.76. The van der Waals surface area contributed by atoms with Gasteiger partial charge in [-0.2, -0.15) is 13.2 Å². The zero-order valence-corrected chi connectivity index (χ0v) is 10.2. The van der Waals surface area contributed by atoms with Crippen molar-refractivity contribution in [1.29, 1.82) is 0 Å². The summed E-state index contributed by atoms with van der Waals surface area (Å²) < 4.78 is 42.8. The minimum absolute atomic E-state index is 0.0598. The molecule has 1 aliphatic rings. The summed E-state index contributed by atoms with van der Waals surface area (Å²) in [7, 11) is 1.61. The molecule has 1 rings (SSSR count). The summed E-state index contributed by atoms with van der Waals surface area (Å²) in [4.78, 5) is 12.2. The monoisotopic (exact) mass is 263 g/mol. The molecule has 0 N–H and O–H groups in total. The molecule has 0 atom stereocenters. The third-order valence-electron chi connectivity index (χ3n) is 2.91. The van der Waals surface area contributed by atoms with Crippen LogP contribution in [0, 0.1) is 0 Å². The summed E-state index contributed by atoms with van der Waals surface area (Å²) in [5.74, 6) is 0. The Balaban J connectivity index is 2.44. The average Bonchev–Trinajstić information content (AvgIpc) is 2.22. The van der Waals surface area contributed by atoms with Crippen molar-refractivity contribution in [3.05, 3.63) is 23.8 Å². The van der Waals surface area contributed by atoms with Gasteiger partial charge in [0.15, 0.2) is 0 Å². The molecule has 1 heterocycles. The zero-order valence-electron chi connectivity index (χ0n) is 10.2. The van der Waals surface area contributed by atoms with Gasteiger partial charge in [0.2, 0.25) is 0 Å². The molecule has 0 aliphatic carbocycles. The molecular weight excluding hydrogens is 247 g/mol. The van der Waals surface area contributed by atoms with E-state index in [-0.39, 0.29) is 24.4 Å². The Labute approximate surface area is 104 Å². The summed E-state index contributed by atoms with van der Waals surface area (Å²) in [5, 5.41) is 0. The van der Waals surface area contributed by atoms with Crippen LogP contribution in [0.25, 0.3) is 0 Å². The molecule has 0 radical (unpaired) electrons. The van der Waals surface area contributed by atoms with Gasteiger partial charge in [0.05, 0.1) is 11.7 Å². The molecule has 0 aromatic rings. The number of rotatable bonds is 6. The van der Waals surface area contributed by atoms with E-state index >= 15 is 0 Å². The van der Waals surface area contributed by atoms with Gasteiger partial charge in [-0.15, -0.1) is 0 Å². The van der Waals surface area contributed by atoms with Crippen molar-refractivity contribution < 1.29 is 22.7 Å². The SMILES string of the molecule is C=C(CCN1CC(OC)C1)/C(=C\C=O)C(F)(F)F. The van der Waals surface area contributed by atoms with E-state index in [2.05, 4.69) is 6.58 Å². The minimum atomic E-state index is -4.53. The van der Waals surface area contributed by atoms with Gasteiger partial charge in [0.1, 0.15) is 6.29 Å². The second kappa shape index (κ2) is 6.15. The Morgan fingerprint density at radius 1 is 1.50 bits per heavy atom. The Bertz CT molecular complexity index is 344. The number of nitrogens with zero attached hydrogens (tertiary/aromatic N) is 1. The number of carbonyl (C=O) groups is 1. The molecule has 0 bridgehead atoms. The number of hydrogen-bond acceptors (Lipinski definition) is 3. The van der Waals surface area contributed by atoms with E-state index in [1.807, 2.05) is 4.90 Å². The quantitative estimate of drug-likeness (QED) is 0.417. The Kier molecular flexibility index (Phi) is 5.10. The predicted octanol–water partition coefficient (Wildman–Crippen LogP) is 1.95. The van der Waals surface area contributed by atoms with Crippen LogP contribution >= 0.6 is 0 Å². The van der Waals surface area contributed by atoms with E-state index in [1.165, 1.54) is 0 Å². The molecular formula is C12H16F3NO2. The first-order valence-electron chi connectivity index (χ1n) is 5.54. The normalized spacial score (nSPS) is 18.6. The highest BCUT2D eigenvalue weighted by Crippen LogP contribution is 2.31. The van der Waals surface area contributed by atoms with Crippen molar-refractivity contribution in [2.24, 2.45) is 0 Å². The lowest BCUT2D eigenvalue weighted by Crippen LogP contribution is -2.51. The number of ether oxygens (including phenoxy) is 1. The molecule has 3 nitrogen and oxygen atoms in total. The topological polar surface area (TPSA) is 29.5 Å². The fraction of sp³-hybridized carbons (Fsp3) is 0.583. The van der Waals surface area contributed by atoms with Crippen LogP contribution in [0.3, 0.4) is 0 Å². The van der Waals surface area contributed by atoms with E-state index in [0.29, 0.717) is 12.6 Å².